The van der Waals surface area contributed by atoms with Crippen molar-refractivity contribution in [1.82, 2.24) is 4.90 Å². The van der Waals surface area contributed by atoms with E-state index in [2.05, 4.69) is 11.8 Å². The molecule has 1 unspecified atom stereocenters. The quantitative estimate of drug-likeness (QED) is 0.175. The molecule has 0 saturated heterocycles. The van der Waals surface area contributed by atoms with Crippen LogP contribution < -0.4 is 14.2 Å². The summed E-state index contributed by atoms with van der Waals surface area (Å²) >= 11 is 0. The molecule has 7 nitrogen and oxygen atoms in total. The molecule has 4 aromatic rings. The van der Waals surface area contributed by atoms with Gasteiger partial charge < -0.3 is 18.6 Å². The molecule has 3 aromatic carbocycles. The Kier molecular flexibility index (Phi) is 9.20. The largest absolute Gasteiger partial charge is 0.493 e. The number of furan rings is 1. The minimum absolute atomic E-state index is 0.165. The van der Waals surface area contributed by atoms with Gasteiger partial charge in [0.15, 0.2) is 17.7 Å². The number of methoxy groups -OCH3 is 2. The molecule has 0 N–H and O–H groups in total. The fourth-order valence-electron chi connectivity index (χ4n) is 4.70. The fraction of sp³-hybridized carbons (Fsp3) is 0.355. The number of benzene rings is 3. The molecule has 1 aromatic heterocycles. The van der Waals surface area contributed by atoms with E-state index in [9.17, 15) is 8.42 Å². The lowest BCUT2D eigenvalue weighted by atomic mass is 10.1. The number of sulfone groups is 1. The van der Waals surface area contributed by atoms with Crippen LogP contribution in [-0.4, -0.2) is 47.4 Å². The molecule has 0 aliphatic rings. The van der Waals surface area contributed by atoms with Gasteiger partial charge >= 0.3 is 0 Å². The first-order chi connectivity index (χ1) is 18.8. The molecule has 0 aliphatic carbocycles. The van der Waals surface area contributed by atoms with Crippen LogP contribution in [0, 0.1) is 0 Å². The van der Waals surface area contributed by atoms with Crippen LogP contribution in [0.4, 0.5) is 0 Å². The zero-order valence-electron chi connectivity index (χ0n) is 23.3. The molecule has 0 bridgehead atoms. The summed E-state index contributed by atoms with van der Waals surface area (Å²) in [6, 6.07) is 19.9. The van der Waals surface area contributed by atoms with Gasteiger partial charge in [-0.25, -0.2) is 8.42 Å². The summed E-state index contributed by atoms with van der Waals surface area (Å²) in [4.78, 5) is 2.62. The molecule has 0 amide bonds. The Morgan fingerprint density at radius 2 is 1.62 bits per heavy atom. The highest BCUT2D eigenvalue weighted by Crippen LogP contribution is 2.35. The molecule has 1 atom stereocenters. The van der Waals surface area contributed by atoms with Crippen LogP contribution in [-0.2, 0) is 22.7 Å². The van der Waals surface area contributed by atoms with Crippen molar-refractivity contribution in [2.75, 3.05) is 27.8 Å². The lowest BCUT2D eigenvalue weighted by Gasteiger charge is -2.28. The summed E-state index contributed by atoms with van der Waals surface area (Å²) in [6.45, 7) is 4.84. The van der Waals surface area contributed by atoms with Crippen molar-refractivity contribution >= 4 is 20.8 Å². The highest BCUT2D eigenvalue weighted by molar-refractivity contribution is 7.91. The van der Waals surface area contributed by atoms with Crippen molar-refractivity contribution in [3.05, 3.63) is 78.1 Å². The van der Waals surface area contributed by atoms with Gasteiger partial charge in [0.05, 0.1) is 19.1 Å². The second kappa shape index (κ2) is 12.6. The average molecular weight is 552 g/mol. The number of para-hydroxylation sites is 1. The van der Waals surface area contributed by atoms with Crippen LogP contribution in [0.2, 0.25) is 0 Å². The van der Waals surface area contributed by atoms with Gasteiger partial charge in [-0.1, -0.05) is 32.0 Å². The van der Waals surface area contributed by atoms with Crippen LogP contribution in [0.15, 0.2) is 80.9 Å². The minimum Gasteiger partial charge on any atom is -0.493 e. The van der Waals surface area contributed by atoms with Gasteiger partial charge in [-0.05, 0) is 80.4 Å². The maximum atomic E-state index is 13.7. The first kappa shape index (κ1) is 28.5. The molecule has 39 heavy (non-hydrogen) atoms. The molecule has 0 aliphatic heterocycles. The predicted octanol–water partition coefficient (Wildman–Crippen LogP) is 6.52. The van der Waals surface area contributed by atoms with Crippen molar-refractivity contribution in [3.8, 4) is 17.2 Å². The molecule has 1 heterocycles. The SMILES string of the molecule is CCCc1oc2ccccc2c1S(=O)(=O)c1ccc(OC(CC)N(C)CCc2ccc(OC)c(OC)c2)cc1. The number of nitrogens with zero attached hydrogens (tertiary/aromatic N) is 1. The Morgan fingerprint density at radius 1 is 0.897 bits per heavy atom. The third-order valence-corrected chi connectivity index (χ3v) is 8.69. The number of likely N-dealkylation sites (N-methyl/N-ethyl adjacent to an activating group) is 1. The maximum Gasteiger partial charge on any atom is 0.210 e. The van der Waals surface area contributed by atoms with E-state index in [0.717, 1.165) is 31.4 Å². The molecular weight excluding hydrogens is 514 g/mol. The third-order valence-electron chi connectivity index (χ3n) is 6.81. The zero-order valence-corrected chi connectivity index (χ0v) is 24.1. The van der Waals surface area contributed by atoms with Gasteiger partial charge in [0.25, 0.3) is 0 Å². The van der Waals surface area contributed by atoms with E-state index in [1.54, 1.807) is 50.6 Å². The van der Waals surface area contributed by atoms with Gasteiger partial charge in [-0.3, -0.25) is 4.90 Å². The van der Waals surface area contributed by atoms with Gasteiger partial charge in [0.2, 0.25) is 9.84 Å². The molecule has 8 heteroatoms. The van der Waals surface area contributed by atoms with E-state index in [-0.39, 0.29) is 16.0 Å². The van der Waals surface area contributed by atoms with E-state index in [0.29, 0.717) is 40.4 Å². The second-order valence-electron chi connectivity index (χ2n) is 9.48. The van der Waals surface area contributed by atoms with E-state index in [4.69, 9.17) is 18.6 Å². The summed E-state index contributed by atoms with van der Waals surface area (Å²) in [5.74, 6) is 2.53. The van der Waals surface area contributed by atoms with Crippen molar-refractivity contribution in [2.24, 2.45) is 0 Å². The number of ether oxygens (including phenoxy) is 3. The van der Waals surface area contributed by atoms with Gasteiger partial charge in [0, 0.05) is 18.4 Å². The van der Waals surface area contributed by atoms with Gasteiger partial charge in [0.1, 0.15) is 22.0 Å². The summed E-state index contributed by atoms with van der Waals surface area (Å²) in [5.41, 5.74) is 1.72. The molecular formula is C31H37NO6S. The summed E-state index contributed by atoms with van der Waals surface area (Å²) in [5, 5.41) is 0.614. The minimum atomic E-state index is -3.77. The number of hydrogen-bond donors (Lipinski definition) is 0. The normalized spacial score (nSPS) is 12.6. The van der Waals surface area contributed by atoms with E-state index < -0.39 is 9.84 Å². The van der Waals surface area contributed by atoms with Crippen molar-refractivity contribution in [1.29, 1.82) is 0 Å². The predicted molar refractivity (Wildman–Crippen MR) is 153 cm³/mol. The molecule has 4 rings (SSSR count). The number of rotatable bonds is 13. The fourth-order valence-corrected chi connectivity index (χ4v) is 6.33. The van der Waals surface area contributed by atoms with Crippen molar-refractivity contribution in [3.63, 3.8) is 0 Å². The lowest BCUT2D eigenvalue weighted by molar-refractivity contribution is 0.0427. The van der Waals surface area contributed by atoms with Crippen LogP contribution >= 0.6 is 0 Å². The molecule has 208 valence electrons. The molecule has 0 spiro atoms. The second-order valence-corrected chi connectivity index (χ2v) is 11.4. The Labute approximate surface area is 231 Å². The molecule has 0 fully saturated rings. The standard InChI is InChI=1S/C31H37NO6S/c1-6-10-28-31(25-11-8-9-12-26(25)38-28)39(33,34)24-16-14-23(15-17-24)37-30(7-2)32(3)20-19-22-13-18-27(35-4)29(21-22)36-5/h8-9,11-18,21,30H,6-7,10,19-20H2,1-5H3. The van der Waals surface area contributed by atoms with Crippen LogP contribution in [0.25, 0.3) is 11.0 Å². The maximum absolute atomic E-state index is 13.7. The van der Waals surface area contributed by atoms with E-state index in [1.807, 2.05) is 44.3 Å². The summed E-state index contributed by atoms with van der Waals surface area (Å²) < 4.78 is 50.3. The average Bonchev–Trinajstić information content (AvgIpc) is 3.33. The Balaban J connectivity index is 1.47. The first-order valence-corrected chi connectivity index (χ1v) is 14.7. The van der Waals surface area contributed by atoms with Crippen LogP contribution in [0.1, 0.15) is 38.0 Å². The van der Waals surface area contributed by atoms with Crippen molar-refractivity contribution < 1.29 is 27.0 Å². The highest BCUT2D eigenvalue weighted by Gasteiger charge is 2.28. The molecule has 0 saturated carbocycles. The first-order valence-electron chi connectivity index (χ1n) is 13.3. The zero-order chi connectivity index (χ0) is 28.0. The van der Waals surface area contributed by atoms with Crippen molar-refractivity contribution in [2.45, 2.75) is 55.5 Å². The van der Waals surface area contributed by atoms with Crippen LogP contribution in [0.3, 0.4) is 0 Å². The van der Waals surface area contributed by atoms with Gasteiger partial charge in [-0.15, -0.1) is 0 Å². The van der Waals surface area contributed by atoms with Gasteiger partial charge in [-0.2, -0.15) is 0 Å². The number of aryl methyl sites for hydroxylation is 1. The summed E-state index contributed by atoms with van der Waals surface area (Å²) in [6.07, 6.45) is 2.75. The number of hydrogen-bond acceptors (Lipinski definition) is 7. The Bertz CT molecular complexity index is 1490. The lowest BCUT2D eigenvalue weighted by Crippen LogP contribution is -2.37. The van der Waals surface area contributed by atoms with E-state index in [1.165, 1.54) is 0 Å². The monoisotopic (exact) mass is 551 g/mol. The third kappa shape index (κ3) is 6.23. The topological polar surface area (TPSA) is 78.2 Å². The molecule has 0 radical (unpaired) electrons. The smallest absolute Gasteiger partial charge is 0.210 e. The Morgan fingerprint density at radius 3 is 2.28 bits per heavy atom. The summed E-state index contributed by atoms with van der Waals surface area (Å²) in [7, 11) is 1.51. The highest BCUT2D eigenvalue weighted by atomic mass is 32.2. The van der Waals surface area contributed by atoms with Crippen LogP contribution in [0.5, 0.6) is 17.2 Å². The Hall–Kier alpha value is -3.49. The number of fused-ring (bicyclic) bond motifs is 1. The van der Waals surface area contributed by atoms with E-state index >= 15 is 0 Å².